The summed E-state index contributed by atoms with van der Waals surface area (Å²) in [6.07, 6.45) is 0.0852. The van der Waals surface area contributed by atoms with E-state index in [9.17, 15) is 14.0 Å². The van der Waals surface area contributed by atoms with Crippen LogP contribution >= 0.6 is 0 Å². The van der Waals surface area contributed by atoms with E-state index in [1.807, 2.05) is 6.07 Å². The molecule has 0 saturated carbocycles. The van der Waals surface area contributed by atoms with Gasteiger partial charge in [-0.2, -0.15) is 0 Å². The highest BCUT2D eigenvalue weighted by molar-refractivity contribution is 5.99. The van der Waals surface area contributed by atoms with Crippen molar-refractivity contribution in [1.29, 1.82) is 0 Å². The number of nitrogens with one attached hydrogen (secondary N) is 2. The van der Waals surface area contributed by atoms with Crippen LogP contribution in [-0.2, 0) is 24.4 Å². The second kappa shape index (κ2) is 7.57. The summed E-state index contributed by atoms with van der Waals surface area (Å²) in [6, 6.07) is 11.7. The highest BCUT2D eigenvalue weighted by Crippen LogP contribution is 2.17. The third-order valence-electron chi connectivity index (χ3n) is 4.44. The van der Waals surface area contributed by atoms with Gasteiger partial charge >= 0.3 is 0 Å². The maximum Gasteiger partial charge on any atom is 0.220 e. The molecule has 0 saturated heterocycles. The highest BCUT2D eigenvalue weighted by atomic mass is 19.1. The number of hydrogen-bond donors (Lipinski definition) is 2. The van der Waals surface area contributed by atoms with Gasteiger partial charge in [0.05, 0.1) is 0 Å². The van der Waals surface area contributed by atoms with Crippen LogP contribution in [0.3, 0.4) is 0 Å². The standard InChI is InChI=1S/C20H21FN2O2/c1-13(20(25)15-3-2-4-18(21)9-15)7-19(24)23-10-14-5-6-16-11-22-12-17(16)8-14/h2-6,8-9,13,22H,7,10-12H2,1H3,(H,23,24). The number of amides is 1. The Kier molecular flexibility index (Phi) is 5.24. The Morgan fingerprint density at radius 2 is 1.96 bits per heavy atom. The fourth-order valence-corrected chi connectivity index (χ4v) is 3.03. The van der Waals surface area contributed by atoms with E-state index in [1.165, 1.54) is 29.3 Å². The van der Waals surface area contributed by atoms with Crippen molar-refractivity contribution in [2.24, 2.45) is 5.92 Å². The van der Waals surface area contributed by atoms with Gasteiger partial charge < -0.3 is 10.6 Å². The van der Waals surface area contributed by atoms with Crippen LogP contribution in [0.25, 0.3) is 0 Å². The fourth-order valence-electron chi connectivity index (χ4n) is 3.03. The van der Waals surface area contributed by atoms with Gasteiger partial charge in [-0.1, -0.05) is 37.3 Å². The van der Waals surface area contributed by atoms with E-state index in [4.69, 9.17) is 0 Å². The van der Waals surface area contributed by atoms with Crippen LogP contribution in [0.4, 0.5) is 4.39 Å². The van der Waals surface area contributed by atoms with E-state index in [-0.39, 0.29) is 18.1 Å². The van der Waals surface area contributed by atoms with Gasteiger partial charge in [0.1, 0.15) is 5.82 Å². The molecule has 2 aromatic carbocycles. The lowest BCUT2D eigenvalue weighted by molar-refractivity contribution is -0.121. The summed E-state index contributed by atoms with van der Waals surface area (Å²) in [6.45, 7) is 3.87. The maximum atomic E-state index is 13.2. The van der Waals surface area contributed by atoms with Crippen molar-refractivity contribution in [1.82, 2.24) is 10.6 Å². The Morgan fingerprint density at radius 3 is 2.76 bits per heavy atom. The minimum Gasteiger partial charge on any atom is -0.352 e. The van der Waals surface area contributed by atoms with Crippen molar-refractivity contribution in [3.63, 3.8) is 0 Å². The lowest BCUT2D eigenvalue weighted by Gasteiger charge is -2.11. The largest absolute Gasteiger partial charge is 0.352 e. The fraction of sp³-hybridized carbons (Fsp3) is 0.300. The van der Waals surface area contributed by atoms with Crippen LogP contribution in [0.5, 0.6) is 0 Å². The van der Waals surface area contributed by atoms with E-state index in [0.29, 0.717) is 12.1 Å². The zero-order valence-corrected chi connectivity index (χ0v) is 14.1. The average molecular weight is 340 g/mol. The number of Topliss-reactive ketones (excluding diaryl/α,β-unsaturated/α-hetero) is 1. The zero-order chi connectivity index (χ0) is 17.8. The molecule has 1 unspecified atom stereocenters. The first kappa shape index (κ1) is 17.3. The summed E-state index contributed by atoms with van der Waals surface area (Å²) in [4.78, 5) is 24.4. The van der Waals surface area contributed by atoms with E-state index in [0.717, 1.165) is 18.7 Å². The molecule has 2 N–H and O–H groups in total. The first-order valence-electron chi connectivity index (χ1n) is 8.41. The van der Waals surface area contributed by atoms with Crippen LogP contribution in [0.1, 0.15) is 40.4 Å². The van der Waals surface area contributed by atoms with E-state index < -0.39 is 11.7 Å². The Hall–Kier alpha value is -2.53. The molecule has 1 atom stereocenters. The van der Waals surface area contributed by atoms with Gasteiger partial charge in [0.2, 0.25) is 5.91 Å². The molecular weight excluding hydrogens is 319 g/mol. The Bertz CT molecular complexity index is 804. The Morgan fingerprint density at radius 1 is 1.16 bits per heavy atom. The van der Waals surface area contributed by atoms with Crippen LogP contribution in [0.15, 0.2) is 42.5 Å². The van der Waals surface area contributed by atoms with Gasteiger partial charge in [-0.25, -0.2) is 4.39 Å². The summed E-state index contributed by atoms with van der Waals surface area (Å²) >= 11 is 0. The average Bonchev–Trinajstić information content (AvgIpc) is 3.07. The molecule has 25 heavy (non-hydrogen) atoms. The van der Waals surface area contributed by atoms with Crippen molar-refractivity contribution in [2.75, 3.05) is 0 Å². The minimum atomic E-state index is -0.494. The van der Waals surface area contributed by atoms with E-state index in [2.05, 4.69) is 22.8 Å². The second-order valence-electron chi connectivity index (χ2n) is 6.46. The zero-order valence-electron chi connectivity index (χ0n) is 14.1. The molecule has 1 amide bonds. The summed E-state index contributed by atoms with van der Waals surface area (Å²) < 4.78 is 13.2. The quantitative estimate of drug-likeness (QED) is 0.795. The van der Waals surface area contributed by atoms with Crippen molar-refractivity contribution in [3.05, 3.63) is 70.5 Å². The van der Waals surface area contributed by atoms with Crippen molar-refractivity contribution in [3.8, 4) is 0 Å². The van der Waals surface area contributed by atoms with Gasteiger partial charge in [-0.05, 0) is 28.8 Å². The molecule has 130 valence electrons. The topological polar surface area (TPSA) is 58.2 Å². The number of rotatable bonds is 6. The number of fused-ring (bicyclic) bond motifs is 1. The molecule has 1 aliphatic heterocycles. The molecule has 4 nitrogen and oxygen atoms in total. The Labute approximate surface area is 146 Å². The van der Waals surface area contributed by atoms with E-state index in [1.54, 1.807) is 13.0 Å². The molecule has 0 spiro atoms. The van der Waals surface area contributed by atoms with Crippen LogP contribution in [0.2, 0.25) is 0 Å². The third kappa shape index (κ3) is 4.31. The van der Waals surface area contributed by atoms with Crippen molar-refractivity contribution >= 4 is 11.7 Å². The number of carbonyl (C=O) groups is 2. The lowest BCUT2D eigenvalue weighted by Crippen LogP contribution is -2.27. The van der Waals surface area contributed by atoms with Crippen LogP contribution in [-0.4, -0.2) is 11.7 Å². The molecule has 0 fully saturated rings. The predicted molar refractivity (Wildman–Crippen MR) is 93.3 cm³/mol. The van der Waals surface area contributed by atoms with Crippen molar-refractivity contribution < 1.29 is 14.0 Å². The molecule has 0 aromatic heterocycles. The summed E-state index contributed by atoms with van der Waals surface area (Å²) in [5.41, 5.74) is 3.90. The van der Waals surface area contributed by atoms with Gasteiger partial charge in [-0.3, -0.25) is 9.59 Å². The van der Waals surface area contributed by atoms with Crippen LogP contribution < -0.4 is 10.6 Å². The molecule has 0 radical (unpaired) electrons. The summed E-state index contributed by atoms with van der Waals surface area (Å²) in [5.74, 6) is -1.35. The number of ketones is 1. The molecule has 0 bridgehead atoms. The monoisotopic (exact) mass is 340 g/mol. The smallest absolute Gasteiger partial charge is 0.220 e. The maximum absolute atomic E-state index is 13.2. The molecule has 3 rings (SSSR count). The molecule has 1 aliphatic rings. The third-order valence-corrected chi connectivity index (χ3v) is 4.44. The summed E-state index contributed by atoms with van der Waals surface area (Å²) in [7, 11) is 0. The molecule has 5 heteroatoms. The summed E-state index contributed by atoms with van der Waals surface area (Å²) in [5, 5.41) is 6.14. The first-order valence-corrected chi connectivity index (χ1v) is 8.41. The Balaban J connectivity index is 1.52. The van der Waals surface area contributed by atoms with Gasteiger partial charge in [0.15, 0.2) is 5.78 Å². The highest BCUT2D eigenvalue weighted by Gasteiger charge is 2.19. The molecule has 1 heterocycles. The number of halogens is 1. The van der Waals surface area contributed by atoms with Crippen molar-refractivity contribution in [2.45, 2.75) is 33.0 Å². The van der Waals surface area contributed by atoms with Gasteiger partial charge in [-0.15, -0.1) is 0 Å². The number of hydrogen-bond acceptors (Lipinski definition) is 3. The predicted octanol–water partition coefficient (Wildman–Crippen LogP) is 2.95. The minimum absolute atomic E-state index is 0.0852. The van der Waals surface area contributed by atoms with Gasteiger partial charge in [0, 0.05) is 37.5 Å². The van der Waals surface area contributed by atoms with Crippen LogP contribution in [0, 0.1) is 11.7 Å². The normalized spacial score (nSPS) is 14.0. The SMILES string of the molecule is CC(CC(=O)NCc1ccc2c(c1)CNC2)C(=O)c1cccc(F)c1. The molecule has 0 aliphatic carbocycles. The second-order valence-corrected chi connectivity index (χ2v) is 6.46. The molecule has 2 aromatic rings. The van der Waals surface area contributed by atoms with E-state index >= 15 is 0 Å². The lowest BCUT2D eigenvalue weighted by atomic mass is 9.96. The van der Waals surface area contributed by atoms with Gasteiger partial charge in [0.25, 0.3) is 0 Å². The number of carbonyl (C=O) groups excluding carboxylic acids is 2. The first-order chi connectivity index (χ1) is 12.0. The number of benzene rings is 2. The molecular formula is C20H21FN2O2.